The van der Waals surface area contributed by atoms with E-state index in [4.69, 9.17) is 5.11 Å². The van der Waals surface area contributed by atoms with E-state index < -0.39 is 12.1 Å². The average molecular weight is 195 g/mol. The minimum atomic E-state index is -0.830. The number of carboxylic acid groups (broad SMARTS) is 1. The molecule has 4 heteroatoms. The Kier molecular flexibility index (Phi) is 4.07. The van der Waals surface area contributed by atoms with Crippen LogP contribution >= 0.6 is 0 Å². The van der Waals surface area contributed by atoms with Crippen LogP contribution in [0.25, 0.3) is 0 Å². The number of aromatic nitrogens is 1. The first-order valence-electron chi connectivity index (χ1n) is 4.50. The van der Waals surface area contributed by atoms with Crippen LogP contribution in [0.5, 0.6) is 0 Å². The fourth-order valence-electron chi connectivity index (χ4n) is 1.19. The van der Waals surface area contributed by atoms with Crippen LogP contribution in [-0.4, -0.2) is 21.2 Å². The average Bonchev–Trinajstić information content (AvgIpc) is 2.18. The van der Waals surface area contributed by atoms with Crippen molar-refractivity contribution in [2.24, 2.45) is 0 Å². The summed E-state index contributed by atoms with van der Waals surface area (Å²) >= 11 is 0. The summed E-state index contributed by atoms with van der Waals surface area (Å²) in [6.07, 6.45) is 3.64. The van der Waals surface area contributed by atoms with Gasteiger partial charge in [0.05, 0.1) is 6.10 Å². The number of pyridine rings is 1. The normalized spacial score (nSPS) is 12.4. The topological polar surface area (TPSA) is 70.4 Å². The summed E-state index contributed by atoms with van der Waals surface area (Å²) in [6.45, 7) is 0. The first kappa shape index (κ1) is 10.7. The second kappa shape index (κ2) is 5.34. The summed E-state index contributed by atoms with van der Waals surface area (Å²) in [5.41, 5.74) is 0.734. The molecule has 0 saturated heterocycles. The van der Waals surface area contributed by atoms with Crippen molar-refractivity contribution < 1.29 is 15.0 Å². The lowest BCUT2D eigenvalue weighted by Crippen LogP contribution is -2.00. The zero-order chi connectivity index (χ0) is 10.4. The second-order valence-electron chi connectivity index (χ2n) is 3.09. The standard InChI is InChI=1S/C10H13NO3/c12-9(4-1-5-10(13)14)8-3-2-6-11-7-8/h2-3,6-7,9,12H,1,4-5H2,(H,13,14). The fraction of sp³-hybridized carbons (Fsp3) is 0.400. The fourth-order valence-corrected chi connectivity index (χ4v) is 1.19. The maximum atomic E-state index is 10.2. The molecule has 0 aliphatic heterocycles. The predicted octanol–water partition coefficient (Wildman–Crippen LogP) is 1.37. The van der Waals surface area contributed by atoms with Crippen molar-refractivity contribution in [3.05, 3.63) is 30.1 Å². The molecule has 0 aliphatic carbocycles. The number of nitrogens with zero attached hydrogens (tertiary/aromatic N) is 1. The molecule has 14 heavy (non-hydrogen) atoms. The minimum absolute atomic E-state index is 0.0946. The van der Waals surface area contributed by atoms with Gasteiger partial charge in [-0.3, -0.25) is 9.78 Å². The van der Waals surface area contributed by atoms with Crippen molar-refractivity contribution in [3.63, 3.8) is 0 Å². The van der Waals surface area contributed by atoms with E-state index in [0.29, 0.717) is 12.8 Å². The molecule has 0 bridgehead atoms. The van der Waals surface area contributed by atoms with Crippen LogP contribution in [0, 0.1) is 0 Å². The van der Waals surface area contributed by atoms with Crippen molar-refractivity contribution in [1.82, 2.24) is 4.98 Å². The quantitative estimate of drug-likeness (QED) is 0.744. The van der Waals surface area contributed by atoms with Gasteiger partial charge in [-0.1, -0.05) is 6.07 Å². The van der Waals surface area contributed by atoms with Crippen molar-refractivity contribution in [1.29, 1.82) is 0 Å². The lowest BCUT2D eigenvalue weighted by Gasteiger charge is -2.08. The van der Waals surface area contributed by atoms with Gasteiger partial charge in [0.25, 0.3) is 0 Å². The smallest absolute Gasteiger partial charge is 0.303 e. The highest BCUT2D eigenvalue weighted by Crippen LogP contribution is 2.17. The molecule has 1 unspecified atom stereocenters. The molecule has 0 amide bonds. The lowest BCUT2D eigenvalue weighted by atomic mass is 10.1. The largest absolute Gasteiger partial charge is 0.481 e. The van der Waals surface area contributed by atoms with Crippen molar-refractivity contribution >= 4 is 5.97 Å². The Labute approximate surface area is 82.2 Å². The molecule has 1 aromatic heterocycles. The number of hydrogen-bond donors (Lipinski definition) is 2. The third kappa shape index (κ3) is 3.53. The SMILES string of the molecule is O=C(O)CCCC(O)c1cccnc1. The Morgan fingerprint density at radius 1 is 1.57 bits per heavy atom. The Hall–Kier alpha value is -1.42. The molecular weight excluding hydrogens is 182 g/mol. The monoisotopic (exact) mass is 195 g/mol. The number of carboxylic acids is 1. The summed E-state index contributed by atoms with van der Waals surface area (Å²) in [5.74, 6) is -0.830. The van der Waals surface area contributed by atoms with Gasteiger partial charge in [0, 0.05) is 18.8 Å². The number of aliphatic hydroxyl groups is 1. The van der Waals surface area contributed by atoms with E-state index in [2.05, 4.69) is 4.98 Å². The van der Waals surface area contributed by atoms with E-state index in [1.54, 1.807) is 24.5 Å². The van der Waals surface area contributed by atoms with Gasteiger partial charge in [-0.05, 0) is 24.5 Å². The highest BCUT2D eigenvalue weighted by atomic mass is 16.4. The van der Waals surface area contributed by atoms with E-state index >= 15 is 0 Å². The molecule has 0 aromatic carbocycles. The molecule has 1 heterocycles. The molecule has 4 nitrogen and oxygen atoms in total. The number of aliphatic hydroxyl groups excluding tert-OH is 1. The number of hydrogen-bond acceptors (Lipinski definition) is 3. The van der Waals surface area contributed by atoms with Crippen molar-refractivity contribution in [2.45, 2.75) is 25.4 Å². The second-order valence-corrected chi connectivity index (χ2v) is 3.09. The summed E-state index contributed by atoms with van der Waals surface area (Å²) < 4.78 is 0. The predicted molar refractivity (Wildman–Crippen MR) is 50.7 cm³/mol. The van der Waals surface area contributed by atoms with Gasteiger partial charge in [0.1, 0.15) is 0 Å². The highest BCUT2D eigenvalue weighted by molar-refractivity contribution is 5.66. The van der Waals surface area contributed by atoms with E-state index in [0.717, 1.165) is 5.56 Å². The molecule has 1 aromatic rings. The van der Waals surface area contributed by atoms with Crippen LogP contribution in [0.4, 0.5) is 0 Å². The van der Waals surface area contributed by atoms with Gasteiger partial charge < -0.3 is 10.2 Å². The van der Waals surface area contributed by atoms with Crippen LogP contribution in [0.15, 0.2) is 24.5 Å². The molecule has 0 spiro atoms. The number of aliphatic carboxylic acids is 1. The summed E-state index contributed by atoms with van der Waals surface area (Å²) in [6, 6.07) is 3.52. The lowest BCUT2D eigenvalue weighted by molar-refractivity contribution is -0.137. The molecular formula is C10H13NO3. The van der Waals surface area contributed by atoms with Crippen LogP contribution in [0.3, 0.4) is 0 Å². The Morgan fingerprint density at radius 2 is 2.36 bits per heavy atom. The molecule has 0 fully saturated rings. The summed E-state index contributed by atoms with van der Waals surface area (Å²) in [4.78, 5) is 14.1. The Morgan fingerprint density at radius 3 is 2.93 bits per heavy atom. The van der Waals surface area contributed by atoms with Gasteiger partial charge >= 0.3 is 5.97 Å². The van der Waals surface area contributed by atoms with Crippen LogP contribution in [0.1, 0.15) is 30.9 Å². The minimum Gasteiger partial charge on any atom is -0.481 e. The Bertz CT molecular complexity index is 287. The first-order valence-corrected chi connectivity index (χ1v) is 4.50. The molecule has 2 N–H and O–H groups in total. The van der Waals surface area contributed by atoms with Crippen LogP contribution in [-0.2, 0) is 4.79 Å². The van der Waals surface area contributed by atoms with E-state index in [1.165, 1.54) is 0 Å². The number of carbonyl (C=O) groups is 1. The van der Waals surface area contributed by atoms with Crippen molar-refractivity contribution in [3.8, 4) is 0 Å². The van der Waals surface area contributed by atoms with Gasteiger partial charge in [-0.15, -0.1) is 0 Å². The van der Waals surface area contributed by atoms with Crippen molar-refractivity contribution in [2.75, 3.05) is 0 Å². The summed E-state index contributed by atoms with van der Waals surface area (Å²) in [5, 5.41) is 18.0. The van der Waals surface area contributed by atoms with Gasteiger partial charge in [0.2, 0.25) is 0 Å². The maximum absolute atomic E-state index is 10.2. The zero-order valence-electron chi connectivity index (χ0n) is 7.76. The molecule has 1 atom stereocenters. The third-order valence-corrected chi connectivity index (χ3v) is 1.94. The van der Waals surface area contributed by atoms with E-state index in [9.17, 15) is 9.90 Å². The maximum Gasteiger partial charge on any atom is 0.303 e. The van der Waals surface area contributed by atoms with Gasteiger partial charge in [0.15, 0.2) is 0 Å². The molecule has 76 valence electrons. The van der Waals surface area contributed by atoms with Crippen LogP contribution < -0.4 is 0 Å². The molecule has 0 saturated carbocycles. The number of rotatable bonds is 5. The van der Waals surface area contributed by atoms with Gasteiger partial charge in [-0.2, -0.15) is 0 Å². The van der Waals surface area contributed by atoms with Crippen LogP contribution in [0.2, 0.25) is 0 Å². The van der Waals surface area contributed by atoms with Gasteiger partial charge in [-0.25, -0.2) is 0 Å². The summed E-state index contributed by atoms with van der Waals surface area (Å²) in [7, 11) is 0. The first-order chi connectivity index (χ1) is 6.70. The van der Waals surface area contributed by atoms with E-state index in [1.807, 2.05) is 0 Å². The Balaban J connectivity index is 2.36. The molecule has 1 rings (SSSR count). The zero-order valence-corrected chi connectivity index (χ0v) is 7.76. The highest BCUT2D eigenvalue weighted by Gasteiger charge is 2.07. The van der Waals surface area contributed by atoms with E-state index in [-0.39, 0.29) is 6.42 Å². The molecule has 0 radical (unpaired) electrons. The third-order valence-electron chi connectivity index (χ3n) is 1.94. The molecule has 0 aliphatic rings.